The summed E-state index contributed by atoms with van der Waals surface area (Å²) in [6.07, 6.45) is 2.57. The van der Waals surface area contributed by atoms with Gasteiger partial charge in [-0.05, 0) is 37.2 Å². The highest BCUT2D eigenvalue weighted by atomic mass is 35.5. The van der Waals surface area contributed by atoms with Crippen LogP contribution in [0.3, 0.4) is 0 Å². The zero-order chi connectivity index (χ0) is 14.2. The predicted molar refractivity (Wildman–Crippen MR) is 81.1 cm³/mol. The Hall–Kier alpha value is -1.00. The standard InChI is InChI=1S/C15H17Cl2NO2/c16-14-5-1-6-15(17)13(14)10-18-7-3-8-19-11-12-4-2-9-20-12/h1-2,4-6,9,18H,3,7-8,10-11H2. The van der Waals surface area contributed by atoms with Crippen molar-refractivity contribution in [3.63, 3.8) is 0 Å². The molecular weight excluding hydrogens is 297 g/mol. The van der Waals surface area contributed by atoms with Gasteiger partial charge in [0.25, 0.3) is 0 Å². The molecule has 5 heteroatoms. The molecule has 0 fully saturated rings. The fourth-order valence-electron chi connectivity index (χ4n) is 1.78. The summed E-state index contributed by atoms with van der Waals surface area (Å²) in [5.41, 5.74) is 0.937. The van der Waals surface area contributed by atoms with E-state index in [9.17, 15) is 0 Å². The first-order valence-corrected chi connectivity index (χ1v) is 7.26. The number of ether oxygens (including phenoxy) is 1. The monoisotopic (exact) mass is 313 g/mol. The van der Waals surface area contributed by atoms with Gasteiger partial charge in [-0.15, -0.1) is 0 Å². The lowest BCUT2D eigenvalue weighted by Gasteiger charge is -2.08. The van der Waals surface area contributed by atoms with Gasteiger partial charge < -0.3 is 14.5 Å². The van der Waals surface area contributed by atoms with Gasteiger partial charge in [-0.3, -0.25) is 0 Å². The molecule has 0 aliphatic heterocycles. The number of hydrogen-bond acceptors (Lipinski definition) is 3. The maximum atomic E-state index is 6.09. The van der Waals surface area contributed by atoms with Crippen molar-refractivity contribution in [3.8, 4) is 0 Å². The van der Waals surface area contributed by atoms with E-state index in [0.29, 0.717) is 29.8 Å². The average Bonchev–Trinajstić information content (AvgIpc) is 2.93. The van der Waals surface area contributed by atoms with Crippen molar-refractivity contribution in [2.24, 2.45) is 0 Å². The van der Waals surface area contributed by atoms with E-state index in [1.807, 2.05) is 30.3 Å². The van der Waals surface area contributed by atoms with Crippen LogP contribution in [0.5, 0.6) is 0 Å². The zero-order valence-corrected chi connectivity index (χ0v) is 12.6. The highest BCUT2D eigenvalue weighted by Gasteiger charge is 2.04. The molecule has 1 aromatic heterocycles. The van der Waals surface area contributed by atoms with Crippen molar-refractivity contribution in [2.45, 2.75) is 19.6 Å². The molecule has 1 aromatic carbocycles. The van der Waals surface area contributed by atoms with Gasteiger partial charge in [0.1, 0.15) is 12.4 Å². The van der Waals surface area contributed by atoms with Crippen LogP contribution in [0.4, 0.5) is 0 Å². The minimum atomic E-state index is 0.517. The van der Waals surface area contributed by atoms with Crippen LogP contribution in [-0.4, -0.2) is 13.2 Å². The van der Waals surface area contributed by atoms with E-state index in [1.54, 1.807) is 6.26 Å². The Morgan fingerprint density at radius 1 is 1.10 bits per heavy atom. The van der Waals surface area contributed by atoms with Crippen molar-refractivity contribution in [2.75, 3.05) is 13.2 Å². The first-order chi connectivity index (χ1) is 9.77. The first kappa shape index (κ1) is 15.4. The minimum Gasteiger partial charge on any atom is -0.467 e. The molecule has 0 spiro atoms. The number of hydrogen-bond donors (Lipinski definition) is 1. The molecule has 0 bridgehead atoms. The van der Waals surface area contributed by atoms with Gasteiger partial charge >= 0.3 is 0 Å². The van der Waals surface area contributed by atoms with Gasteiger partial charge in [0.2, 0.25) is 0 Å². The third-order valence-corrected chi connectivity index (χ3v) is 3.54. The number of nitrogens with one attached hydrogen (secondary N) is 1. The summed E-state index contributed by atoms with van der Waals surface area (Å²) >= 11 is 12.2. The van der Waals surface area contributed by atoms with Crippen LogP contribution in [0, 0.1) is 0 Å². The molecule has 3 nitrogen and oxygen atoms in total. The lowest BCUT2D eigenvalue weighted by molar-refractivity contribution is 0.104. The maximum absolute atomic E-state index is 6.09. The van der Waals surface area contributed by atoms with Gasteiger partial charge in [-0.1, -0.05) is 29.3 Å². The topological polar surface area (TPSA) is 34.4 Å². The molecule has 0 amide bonds. The second-order valence-corrected chi connectivity index (χ2v) is 5.18. The van der Waals surface area contributed by atoms with Crippen molar-refractivity contribution < 1.29 is 9.15 Å². The van der Waals surface area contributed by atoms with Crippen molar-refractivity contribution >= 4 is 23.2 Å². The van der Waals surface area contributed by atoms with Gasteiger partial charge in [-0.25, -0.2) is 0 Å². The van der Waals surface area contributed by atoms with E-state index in [0.717, 1.165) is 24.3 Å². The molecule has 0 aliphatic rings. The molecule has 1 heterocycles. The van der Waals surface area contributed by atoms with Crippen LogP contribution in [0.15, 0.2) is 41.0 Å². The molecule has 0 atom stereocenters. The number of benzene rings is 1. The third kappa shape index (κ3) is 4.84. The predicted octanol–water partition coefficient (Wildman–Crippen LogP) is 4.28. The van der Waals surface area contributed by atoms with E-state index < -0.39 is 0 Å². The fourth-order valence-corrected chi connectivity index (χ4v) is 2.31. The second kappa shape index (κ2) is 8.32. The summed E-state index contributed by atoms with van der Waals surface area (Å²) in [6, 6.07) is 9.29. The molecule has 0 unspecified atom stereocenters. The summed E-state index contributed by atoms with van der Waals surface area (Å²) < 4.78 is 10.7. The third-order valence-electron chi connectivity index (χ3n) is 2.83. The summed E-state index contributed by atoms with van der Waals surface area (Å²) in [5, 5.41) is 4.69. The highest BCUT2D eigenvalue weighted by Crippen LogP contribution is 2.23. The van der Waals surface area contributed by atoms with E-state index in [4.69, 9.17) is 32.4 Å². The van der Waals surface area contributed by atoms with Crippen LogP contribution >= 0.6 is 23.2 Å². The van der Waals surface area contributed by atoms with Crippen LogP contribution in [-0.2, 0) is 17.9 Å². The summed E-state index contributed by atoms with van der Waals surface area (Å²) in [7, 11) is 0. The van der Waals surface area contributed by atoms with Crippen LogP contribution < -0.4 is 5.32 Å². The zero-order valence-electron chi connectivity index (χ0n) is 11.1. The van der Waals surface area contributed by atoms with Crippen molar-refractivity contribution in [3.05, 3.63) is 58.0 Å². The van der Waals surface area contributed by atoms with E-state index in [-0.39, 0.29) is 0 Å². The summed E-state index contributed by atoms with van der Waals surface area (Å²) in [5.74, 6) is 0.848. The first-order valence-electron chi connectivity index (χ1n) is 6.51. The Morgan fingerprint density at radius 2 is 1.90 bits per heavy atom. The Morgan fingerprint density at radius 3 is 2.60 bits per heavy atom. The number of rotatable bonds is 8. The lowest BCUT2D eigenvalue weighted by Crippen LogP contribution is -2.16. The Bertz CT molecular complexity index is 494. The van der Waals surface area contributed by atoms with Gasteiger partial charge in [0.05, 0.1) is 6.26 Å². The second-order valence-electron chi connectivity index (χ2n) is 4.36. The Kier molecular flexibility index (Phi) is 6.40. The lowest BCUT2D eigenvalue weighted by atomic mass is 10.2. The normalized spacial score (nSPS) is 10.9. The molecule has 0 saturated carbocycles. The molecule has 0 saturated heterocycles. The number of halogens is 2. The van der Waals surface area contributed by atoms with Crippen LogP contribution in [0.2, 0.25) is 10.0 Å². The van der Waals surface area contributed by atoms with Gasteiger partial charge in [-0.2, -0.15) is 0 Å². The molecule has 108 valence electrons. The van der Waals surface area contributed by atoms with E-state index in [2.05, 4.69) is 5.32 Å². The SMILES string of the molecule is Clc1cccc(Cl)c1CNCCCOCc1ccco1. The average molecular weight is 314 g/mol. The van der Waals surface area contributed by atoms with Gasteiger partial charge in [0.15, 0.2) is 0 Å². The minimum absolute atomic E-state index is 0.517. The molecule has 2 aromatic rings. The molecule has 0 aliphatic carbocycles. The van der Waals surface area contributed by atoms with Crippen molar-refractivity contribution in [1.82, 2.24) is 5.32 Å². The van der Waals surface area contributed by atoms with Crippen LogP contribution in [0.25, 0.3) is 0 Å². The van der Waals surface area contributed by atoms with Crippen molar-refractivity contribution in [1.29, 1.82) is 0 Å². The summed E-state index contributed by atoms with van der Waals surface area (Å²) in [4.78, 5) is 0. The summed E-state index contributed by atoms with van der Waals surface area (Å²) in [6.45, 7) is 2.71. The molecular formula is C15H17Cl2NO2. The largest absolute Gasteiger partial charge is 0.467 e. The van der Waals surface area contributed by atoms with E-state index in [1.165, 1.54) is 0 Å². The molecule has 20 heavy (non-hydrogen) atoms. The number of furan rings is 1. The van der Waals surface area contributed by atoms with Gasteiger partial charge in [0, 0.05) is 28.8 Å². The van der Waals surface area contributed by atoms with Crippen LogP contribution in [0.1, 0.15) is 17.7 Å². The molecule has 1 N–H and O–H groups in total. The highest BCUT2D eigenvalue weighted by molar-refractivity contribution is 6.35. The Labute approximate surface area is 128 Å². The fraction of sp³-hybridized carbons (Fsp3) is 0.333. The van der Waals surface area contributed by atoms with E-state index >= 15 is 0 Å². The maximum Gasteiger partial charge on any atom is 0.129 e. The molecule has 2 rings (SSSR count). The quantitative estimate of drug-likeness (QED) is 0.738. The Balaban J connectivity index is 1.57. The smallest absolute Gasteiger partial charge is 0.129 e. The molecule has 0 radical (unpaired) electrons.